The maximum Gasteiger partial charge on any atom is 0.329 e. The number of carbonyl (C=O) groups is 1. The van der Waals surface area contributed by atoms with Crippen LogP contribution in [0.15, 0.2) is 12.7 Å². The first-order valence-corrected chi connectivity index (χ1v) is 9.65. The molecule has 0 spiro atoms. The van der Waals surface area contributed by atoms with Crippen molar-refractivity contribution in [3.63, 3.8) is 0 Å². The Labute approximate surface area is 167 Å². The molecule has 1 aliphatic heterocycles. The number of ether oxygens (including phenoxy) is 1. The highest BCUT2D eigenvalue weighted by molar-refractivity contribution is 7.99. The Morgan fingerprint density at radius 1 is 1.34 bits per heavy atom. The number of aliphatic hydroxyl groups excluding tert-OH is 2. The maximum atomic E-state index is 12.9. The minimum atomic E-state index is -3.22. The van der Waals surface area contributed by atoms with Gasteiger partial charge in [0.1, 0.15) is 24.1 Å². The smallest absolute Gasteiger partial charge is 0.329 e. The third kappa shape index (κ3) is 3.98. The Hall–Kier alpha value is -2.13. The molecule has 14 heteroatoms. The molecule has 11 nitrogen and oxygen atoms in total. The van der Waals surface area contributed by atoms with Gasteiger partial charge in [0.05, 0.1) is 12.4 Å². The van der Waals surface area contributed by atoms with Gasteiger partial charge < -0.3 is 31.5 Å². The summed E-state index contributed by atoms with van der Waals surface area (Å²) in [6.07, 6.45) is -5.51. The van der Waals surface area contributed by atoms with E-state index in [0.29, 0.717) is 11.2 Å². The Kier molecular flexibility index (Phi) is 6.19. The fourth-order valence-electron chi connectivity index (χ4n) is 2.90. The van der Waals surface area contributed by atoms with Gasteiger partial charge in [-0.15, -0.1) is 0 Å². The van der Waals surface area contributed by atoms with Gasteiger partial charge in [-0.05, 0) is 12.2 Å². The second-order valence-corrected chi connectivity index (χ2v) is 7.75. The van der Waals surface area contributed by atoms with Crippen LogP contribution in [0, 0.1) is 0 Å². The van der Waals surface area contributed by atoms with Crippen LogP contribution >= 0.6 is 11.8 Å². The Bertz CT molecular complexity index is 888. The average molecular weight is 434 g/mol. The molecule has 29 heavy (non-hydrogen) atoms. The van der Waals surface area contributed by atoms with Crippen molar-refractivity contribution in [3.8, 4) is 0 Å². The van der Waals surface area contributed by atoms with E-state index in [4.69, 9.17) is 21.3 Å². The molecule has 0 aliphatic carbocycles. The van der Waals surface area contributed by atoms with Crippen molar-refractivity contribution in [1.82, 2.24) is 19.5 Å². The van der Waals surface area contributed by atoms with E-state index < -0.39 is 48.9 Å². The van der Waals surface area contributed by atoms with E-state index >= 15 is 0 Å². The fraction of sp³-hybridized carbons (Fsp3) is 0.600. The molecule has 1 aliphatic rings. The van der Waals surface area contributed by atoms with Gasteiger partial charge >= 0.3 is 5.97 Å². The molecule has 3 rings (SSSR count). The van der Waals surface area contributed by atoms with Crippen LogP contribution in [-0.2, 0) is 9.53 Å². The van der Waals surface area contributed by atoms with E-state index in [-0.39, 0.29) is 17.3 Å². The molecule has 7 N–H and O–H groups in total. The average Bonchev–Trinajstić information content (AvgIpc) is 3.21. The summed E-state index contributed by atoms with van der Waals surface area (Å²) in [5, 5.41) is 29.5. The molecule has 5 atom stereocenters. The molecule has 160 valence electrons. The van der Waals surface area contributed by atoms with Crippen molar-refractivity contribution >= 4 is 34.7 Å². The van der Waals surface area contributed by atoms with Crippen LogP contribution in [0.25, 0.3) is 11.2 Å². The first kappa shape index (κ1) is 21.6. The lowest BCUT2D eigenvalue weighted by molar-refractivity contribution is -0.149. The lowest BCUT2D eigenvalue weighted by atomic mass is 9.99. The summed E-state index contributed by atoms with van der Waals surface area (Å²) in [6, 6.07) is 0. The number of halogens is 2. The van der Waals surface area contributed by atoms with Crippen molar-refractivity contribution in [2.24, 2.45) is 5.73 Å². The van der Waals surface area contributed by atoms with E-state index in [1.165, 1.54) is 17.2 Å². The zero-order valence-electron chi connectivity index (χ0n) is 14.9. The van der Waals surface area contributed by atoms with Crippen molar-refractivity contribution in [1.29, 1.82) is 0 Å². The largest absolute Gasteiger partial charge is 0.480 e. The van der Waals surface area contributed by atoms with Crippen LogP contribution in [0.4, 0.5) is 14.6 Å². The van der Waals surface area contributed by atoms with E-state index in [1.54, 1.807) is 0 Å². The number of aliphatic hydroxyl groups is 2. The molecular formula is C15H20F2N6O5S. The normalized spacial score (nSPS) is 26.8. The summed E-state index contributed by atoms with van der Waals surface area (Å²) in [5.41, 5.74) is 8.98. The van der Waals surface area contributed by atoms with E-state index in [1.807, 2.05) is 0 Å². The van der Waals surface area contributed by atoms with Crippen LogP contribution in [0.5, 0.6) is 0 Å². The zero-order valence-corrected chi connectivity index (χ0v) is 15.7. The van der Waals surface area contributed by atoms with Crippen LogP contribution < -0.4 is 11.5 Å². The number of nitrogens with two attached hydrogens (primary N) is 2. The quantitative estimate of drug-likeness (QED) is 0.328. The molecule has 3 heterocycles. The van der Waals surface area contributed by atoms with Gasteiger partial charge in [-0.2, -0.15) is 11.8 Å². The molecule has 2 aromatic heterocycles. The number of nitrogens with zero attached hydrogens (tertiary/aromatic N) is 4. The molecule has 0 saturated carbocycles. The SMILES string of the molecule is Nc1ncnc2c1ncn2[C@@H]1O[C@H](CSCCC(N)(C(=O)O)C(F)F)[C@@H](O)[C@H]1O. The van der Waals surface area contributed by atoms with Gasteiger partial charge in [0, 0.05) is 5.75 Å². The number of hydrogen-bond donors (Lipinski definition) is 5. The standard InChI is InChI=1S/C15H20F2N6O5S/c16-13(17)15(19,14(26)27)1-2-29-3-6-8(24)9(25)12(28-6)23-5-22-7-10(18)20-4-21-11(7)23/h4-6,8-9,12-13,24-25H,1-3,19H2,(H,26,27)(H2,18,20,21)/t6-,8-,9-,12-,15?/m1/s1. The first-order valence-electron chi connectivity index (χ1n) is 8.49. The maximum absolute atomic E-state index is 12.9. The minimum absolute atomic E-state index is 0.00174. The molecule has 0 amide bonds. The number of hydrogen-bond acceptors (Lipinski definition) is 10. The minimum Gasteiger partial charge on any atom is -0.480 e. The number of nitrogen functional groups attached to an aromatic ring is 1. The van der Waals surface area contributed by atoms with Crippen molar-refractivity contribution in [3.05, 3.63) is 12.7 Å². The predicted molar refractivity (Wildman–Crippen MR) is 98.2 cm³/mol. The fourth-order valence-corrected chi connectivity index (χ4v) is 4.06. The molecular weight excluding hydrogens is 414 g/mol. The van der Waals surface area contributed by atoms with Crippen LogP contribution in [0.3, 0.4) is 0 Å². The highest BCUT2D eigenvalue weighted by atomic mass is 32.2. The topological polar surface area (TPSA) is 183 Å². The van der Waals surface area contributed by atoms with Gasteiger partial charge in [-0.25, -0.2) is 28.5 Å². The van der Waals surface area contributed by atoms with E-state index in [9.17, 15) is 23.8 Å². The number of carboxylic acids is 1. The summed E-state index contributed by atoms with van der Waals surface area (Å²) < 4.78 is 32.9. The number of thioether (sulfide) groups is 1. The Balaban J connectivity index is 1.63. The first-order chi connectivity index (χ1) is 13.7. The zero-order chi connectivity index (χ0) is 21.3. The van der Waals surface area contributed by atoms with Crippen molar-refractivity contribution in [2.45, 2.75) is 42.9 Å². The molecule has 0 bridgehead atoms. The Morgan fingerprint density at radius 3 is 2.72 bits per heavy atom. The van der Waals surface area contributed by atoms with Crippen LogP contribution in [0.1, 0.15) is 12.6 Å². The number of alkyl halides is 2. The molecule has 1 saturated heterocycles. The molecule has 1 fully saturated rings. The summed E-state index contributed by atoms with van der Waals surface area (Å²) in [7, 11) is 0. The molecule has 0 aromatic carbocycles. The third-order valence-electron chi connectivity index (χ3n) is 4.73. The van der Waals surface area contributed by atoms with E-state index in [0.717, 1.165) is 11.8 Å². The summed E-state index contributed by atoms with van der Waals surface area (Å²) in [5.74, 6) is -1.51. The summed E-state index contributed by atoms with van der Waals surface area (Å²) in [4.78, 5) is 22.9. The monoisotopic (exact) mass is 434 g/mol. The van der Waals surface area contributed by atoms with Crippen LogP contribution in [-0.4, -0.2) is 82.6 Å². The second kappa shape index (κ2) is 8.31. The number of rotatable bonds is 8. The number of aliphatic carboxylic acids is 1. The Morgan fingerprint density at radius 2 is 2.07 bits per heavy atom. The number of anilines is 1. The third-order valence-corrected chi connectivity index (χ3v) is 5.79. The number of imidazole rings is 1. The number of carboxylic acid groups (broad SMARTS) is 1. The summed E-state index contributed by atoms with van der Waals surface area (Å²) in [6.45, 7) is 0. The predicted octanol–water partition coefficient (Wildman–Crippen LogP) is -0.802. The molecule has 1 unspecified atom stereocenters. The van der Waals surface area contributed by atoms with Gasteiger partial charge in [0.2, 0.25) is 0 Å². The van der Waals surface area contributed by atoms with Crippen molar-refractivity contribution < 1.29 is 33.6 Å². The highest BCUT2D eigenvalue weighted by Gasteiger charge is 2.45. The number of fused-ring (bicyclic) bond motifs is 1. The van der Waals surface area contributed by atoms with Crippen LogP contribution in [0.2, 0.25) is 0 Å². The van der Waals surface area contributed by atoms with Gasteiger partial charge in [-0.3, -0.25) is 4.57 Å². The molecule has 0 radical (unpaired) electrons. The van der Waals surface area contributed by atoms with Gasteiger partial charge in [-0.1, -0.05) is 0 Å². The number of aromatic nitrogens is 4. The summed E-state index contributed by atoms with van der Waals surface area (Å²) >= 11 is 1.08. The second-order valence-electron chi connectivity index (χ2n) is 6.60. The lowest BCUT2D eigenvalue weighted by Crippen LogP contribution is -2.54. The van der Waals surface area contributed by atoms with Crippen molar-refractivity contribution in [2.75, 3.05) is 17.2 Å². The van der Waals surface area contributed by atoms with Gasteiger partial charge in [0.15, 0.2) is 23.2 Å². The molecule has 2 aromatic rings. The van der Waals surface area contributed by atoms with Gasteiger partial charge in [0.25, 0.3) is 6.43 Å². The highest BCUT2D eigenvalue weighted by Crippen LogP contribution is 2.33. The lowest BCUT2D eigenvalue weighted by Gasteiger charge is -2.23. The van der Waals surface area contributed by atoms with E-state index in [2.05, 4.69) is 15.0 Å².